The second-order valence-corrected chi connectivity index (χ2v) is 8.38. The van der Waals surface area contributed by atoms with Crippen LogP contribution in [0.4, 0.5) is 0 Å². The van der Waals surface area contributed by atoms with Gasteiger partial charge < -0.3 is 15.3 Å². The number of benzene rings is 1. The summed E-state index contributed by atoms with van der Waals surface area (Å²) in [4.78, 5) is 26.6. The van der Waals surface area contributed by atoms with Gasteiger partial charge in [0.15, 0.2) is 11.6 Å². The van der Waals surface area contributed by atoms with Crippen LogP contribution in [0, 0.1) is 5.41 Å². The summed E-state index contributed by atoms with van der Waals surface area (Å²) in [5.74, 6) is -1.31. The van der Waals surface area contributed by atoms with Crippen molar-refractivity contribution >= 4 is 11.6 Å². The molecule has 1 aromatic rings. The second kappa shape index (κ2) is 5.20. The van der Waals surface area contributed by atoms with Gasteiger partial charge in [0, 0.05) is 17.0 Å². The van der Waals surface area contributed by atoms with Gasteiger partial charge in [-0.25, -0.2) is 0 Å². The van der Waals surface area contributed by atoms with Crippen LogP contribution < -0.4 is 0 Å². The first kappa shape index (κ1) is 17.7. The first-order valence-corrected chi connectivity index (χ1v) is 8.97. The smallest absolute Gasteiger partial charge is 0.168 e. The fourth-order valence-electron chi connectivity index (χ4n) is 5.14. The van der Waals surface area contributed by atoms with Crippen LogP contribution in [0.2, 0.25) is 0 Å². The van der Waals surface area contributed by atoms with Crippen molar-refractivity contribution in [1.82, 2.24) is 0 Å². The number of aliphatic hydroxyl groups is 1. The SMILES string of the molecule is CC1=C[C@H]2c3c(O)ccc(O)c3[C@]3(C1)C(=O)C=CC(=O)[C@]23/C=C/C(C)(C)O. The van der Waals surface area contributed by atoms with Crippen LogP contribution in [-0.2, 0) is 15.0 Å². The summed E-state index contributed by atoms with van der Waals surface area (Å²) in [6.45, 7) is 5.06. The topological polar surface area (TPSA) is 94.8 Å². The van der Waals surface area contributed by atoms with Gasteiger partial charge in [-0.15, -0.1) is 0 Å². The van der Waals surface area contributed by atoms with Crippen LogP contribution in [0.3, 0.4) is 0 Å². The van der Waals surface area contributed by atoms with Crippen molar-refractivity contribution < 1.29 is 24.9 Å². The third-order valence-electron chi connectivity index (χ3n) is 6.10. The molecular weight excluding hydrogens is 344 g/mol. The second-order valence-electron chi connectivity index (χ2n) is 8.38. The summed E-state index contributed by atoms with van der Waals surface area (Å²) in [5, 5.41) is 31.5. The van der Waals surface area contributed by atoms with Crippen molar-refractivity contribution in [2.75, 3.05) is 0 Å². The van der Waals surface area contributed by atoms with E-state index in [1.54, 1.807) is 19.9 Å². The molecule has 27 heavy (non-hydrogen) atoms. The number of hydrogen-bond donors (Lipinski definition) is 3. The molecule has 0 aromatic heterocycles. The van der Waals surface area contributed by atoms with E-state index in [1.807, 2.05) is 13.0 Å². The summed E-state index contributed by atoms with van der Waals surface area (Å²) in [5.41, 5.74) is -2.19. The summed E-state index contributed by atoms with van der Waals surface area (Å²) in [7, 11) is 0. The molecule has 5 nitrogen and oxygen atoms in total. The van der Waals surface area contributed by atoms with E-state index in [9.17, 15) is 24.9 Å². The van der Waals surface area contributed by atoms with Crippen molar-refractivity contribution in [3.05, 3.63) is 59.2 Å². The zero-order valence-electron chi connectivity index (χ0n) is 15.5. The highest BCUT2D eigenvalue weighted by atomic mass is 16.3. The Kier molecular flexibility index (Phi) is 3.41. The van der Waals surface area contributed by atoms with Gasteiger partial charge in [-0.3, -0.25) is 9.59 Å². The number of phenols is 2. The lowest BCUT2D eigenvalue weighted by Crippen LogP contribution is -2.56. The van der Waals surface area contributed by atoms with Crippen LogP contribution in [0.1, 0.15) is 44.2 Å². The number of allylic oxidation sites excluding steroid dienone is 5. The molecular formula is C22H22O5. The first-order valence-electron chi connectivity index (χ1n) is 8.97. The Morgan fingerprint density at radius 2 is 1.74 bits per heavy atom. The van der Waals surface area contributed by atoms with E-state index in [0.717, 1.165) is 5.57 Å². The number of phenolic OH excluding ortho intramolecular Hbond substituents is 2. The van der Waals surface area contributed by atoms with Gasteiger partial charge in [0.05, 0.1) is 16.4 Å². The highest BCUT2D eigenvalue weighted by Crippen LogP contribution is 2.70. The fraction of sp³-hybridized carbons (Fsp3) is 0.364. The van der Waals surface area contributed by atoms with Crippen molar-refractivity contribution in [3.8, 4) is 11.5 Å². The lowest BCUT2D eigenvalue weighted by atomic mass is 9.50. The lowest BCUT2D eigenvalue weighted by molar-refractivity contribution is -0.136. The third kappa shape index (κ3) is 2.03. The molecule has 0 radical (unpaired) electrons. The van der Waals surface area contributed by atoms with Crippen LogP contribution in [0.5, 0.6) is 11.5 Å². The maximum absolute atomic E-state index is 13.3. The minimum Gasteiger partial charge on any atom is -0.508 e. The number of hydrogen-bond acceptors (Lipinski definition) is 5. The van der Waals surface area contributed by atoms with Crippen LogP contribution in [-0.4, -0.2) is 32.5 Å². The molecule has 140 valence electrons. The Hall–Kier alpha value is -2.66. The number of rotatable bonds is 2. The Bertz CT molecular complexity index is 975. The van der Waals surface area contributed by atoms with E-state index < -0.39 is 22.3 Å². The summed E-state index contributed by atoms with van der Waals surface area (Å²) in [6, 6.07) is 2.75. The van der Waals surface area contributed by atoms with Gasteiger partial charge in [0.25, 0.3) is 0 Å². The Morgan fingerprint density at radius 3 is 2.41 bits per heavy atom. The zero-order chi connectivity index (χ0) is 19.8. The van der Waals surface area contributed by atoms with Gasteiger partial charge in [0.2, 0.25) is 0 Å². The lowest BCUT2D eigenvalue weighted by Gasteiger charge is -2.49. The monoisotopic (exact) mass is 366 g/mol. The van der Waals surface area contributed by atoms with Crippen molar-refractivity contribution in [3.63, 3.8) is 0 Å². The van der Waals surface area contributed by atoms with E-state index in [1.165, 1.54) is 30.4 Å². The molecule has 2 bridgehead atoms. The van der Waals surface area contributed by atoms with Gasteiger partial charge in [-0.1, -0.05) is 23.8 Å². The van der Waals surface area contributed by atoms with Crippen molar-refractivity contribution in [2.24, 2.45) is 5.41 Å². The molecule has 0 spiro atoms. The predicted molar refractivity (Wildman–Crippen MR) is 99.6 cm³/mol. The minimum absolute atomic E-state index is 0.0517. The van der Waals surface area contributed by atoms with E-state index >= 15 is 0 Å². The summed E-state index contributed by atoms with van der Waals surface area (Å²) < 4.78 is 0. The molecule has 0 amide bonds. The first-order chi connectivity index (χ1) is 12.5. The number of fused-ring (bicyclic) bond motifs is 2. The Labute approximate surface area is 157 Å². The maximum atomic E-state index is 13.3. The average molecular weight is 366 g/mol. The molecule has 0 heterocycles. The van der Waals surface area contributed by atoms with E-state index in [0.29, 0.717) is 11.1 Å². The molecule has 5 heteroatoms. The molecule has 1 aromatic carbocycles. The predicted octanol–water partition coefficient (Wildman–Crippen LogP) is 2.80. The average Bonchev–Trinajstić information content (AvgIpc) is 2.72. The standard InChI is InChI=1S/C22H22O5/c1-12-10-13-18-14(23)4-5-15(24)19(18)22(11-12)17(26)7-6-16(25)21(13,22)9-8-20(2,3)27/h4-10,13,23-24,27H,11H2,1-3H3/b9-8+/t13-,21-,22-/m0/s1. The van der Waals surface area contributed by atoms with Crippen LogP contribution in [0.15, 0.2) is 48.1 Å². The molecule has 3 N–H and O–H groups in total. The number of ketones is 2. The van der Waals surface area contributed by atoms with Gasteiger partial charge >= 0.3 is 0 Å². The molecule has 3 atom stereocenters. The zero-order valence-corrected chi connectivity index (χ0v) is 15.5. The fourth-order valence-corrected chi connectivity index (χ4v) is 5.14. The molecule has 4 rings (SSSR count). The molecule has 3 aliphatic rings. The maximum Gasteiger partial charge on any atom is 0.168 e. The Balaban J connectivity index is 2.16. The molecule has 0 aliphatic heterocycles. The number of carbonyl (C=O) groups excluding carboxylic acids is 2. The highest BCUT2D eigenvalue weighted by Gasteiger charge is 2.71. The van der Waals surface area contributed by atoms with Crippen molar-refractivity contribution in [2.45, 2.75) is 44.1 Å². The third-order valence-corrected chi connectivity index (χ3v) is 6.10. The quantitative estimate of drug-likeness (QED) is 0.553. The van der Waals surface area contributed by atoms with E-state index in [4.69, 9.17) is 0 Å². The van der Waals surface area contributed by atoms with Gasteiger partial charge in [0.1, 0.15) is 11.5 Å². The summed E-state index contributed by atoms with van der Waals surface area (Å²) in [6.07, 6.45) is 7.83. The molecule has 0 fully saturated rings. The summed E-state index contributed by atoms with van der Waals surface area (Å²) >= 11 is 0. The number of carbonyl (C=O) groups is 2. The number of aromatic hydroxyl groups is 2. The molecule has 0 saturated heterocycles. The van der Waals surface area contributed by atoms with Crippen LogP contribution >= 0.6 is 0 Å². The Morgan fingerprint density at radius 1 is 1.11 bits per heavy atom. The van der Waals surface area contributed by atoms with Crippen molar-refractivity contribution in [1.29, 1.82) is 0 Å². The highest BCUT2D eigenvalue weighted by molar-refractivity contribution is 6.18. The normalized spacial score (nSPS) is 31.9. The minimum atomic E-state index is -1.33. The van der Waals surface area contributed by atoms with E-state index in [-0.39, 0.29) is 29.5 Å². The van der Waals surface area contributed by atoms with Gasteiger partial charge in [-0.05, 0) is 51.5 Å². The van der Waals surface area contributed by atoms with Gasteiger partial charge in [-0.2, -0.15) is 0 Å². The van der Waals surface area contributed by atoms with Crippen LogP contribution in [0.25, 0.3) is 0 Å². The molecule has 0 saturated carbocycles. The molecule has 0 unspecified atom stereocenters. The van der Waals surface area contributed by atoms with E-state index in [2.05, 4.69) is 0 Å². The largest absolute Gasteiger partial charge is 0.508 e. The molecule has 3 aliphatic carbocycles.